The number of carbonyl (C=O) groups is 4. The van der Waals surface area contributed by atoms with Gasteiger partial charge in [0, 0.05) is 6.20 Å². The van der Waals surface area contributed by atoms with E-state index in [9.17, 15) is 52.7 Å². The maximum Gasteiger partial charge on any atom is 0.490 e. The molecular weight excluding hydrogens is 542 g/mol. The summed E-state index contributed by atoms with van der Waals surface area (Å²) in [6, 6.07) is 1.64. The SMILES string of the molecule is Nc1ccncn1.O=C(O)C(F)(F)F.O=C(O)C(F)(F)F.O=C(O)C(F)(F)F.O=C(O)C(F)(F)F. The van der Waals surface area contributed by atoms with Gasteiger partial charge in [0.25, 0.3) is 0 Å². The third-order valence-electron chi connectivity index (χ3n) is 1.57. The molecule has 0 radical (unpaired) electrons. The average molecular weight is 551 g/mol. The highest BCUT2D eigenvalue weighted by molar-refractivity contribution is 5.74. The van der Waals surface area contributed by atoms with Crippen LogP contribution in [0.25, 0.3) is 0 Å². The van der Waals surface area contributed by atoms with Crippen LogP contribution in [0.4, 0.5) is 58.5 Å². The monoisotopic (exact) mass is 551 g/mol. The summed E-state index contributed by atoms with van der Waals surface area (Å²) in [6.07, 6.45) is -17.3. The summed E-state index contributed by atoms with van der Waals surface area (Å²) in [6.45, 7) is 0. The Balaban J connectivity index is -0.000000172. The summed E-state index contributed by atoms with van der Waals surface area (Å²) < 4.78 is 127. The zero-order chi connectivity index (χ0) is 29.4. The molecule has 23 heteroatoms. The Labute approximate surface area is 182 Å². The minimum atomic E-state index is -5.08. The molecule has 0 saturated heterocycles. The first-order chi connectivity index (χ1) is 15.2. The average Bonchev–Trinajstić information content (AvgIpc) is 2.61. The Bertz CT molecular complexity index is 695. The maximum atomic E-state index is 10.6. The topological polar surface area (TPSA) is 201 Å². The van der Waals surface area contributed by atoms with Gasteiger partial charge in [0.15, 0.2) is 0 Å². The van der Waals surface area contributed by atoms with E-state index in [1.165, 1.54) is 6.33 Å². The minimum absolute atomic E-state index is 0.509. The number of nitrogen functional groups attached to an aromatic ring is 1. The molecule has 0 aromatic carbocycles. The van der Waals surface area contributed by atoms with Gasteiger partial charge >= 0.3 is 48.6 Å². The Morgan fingerprint density at radius 1 is 0.600 bits per heavy atom. The number of nitrogens with zero attached hydrogens (tertiary/aromatic N) is 2. The van der Waals surface area contributed by atoms with E-state index < -0.39 is 48.6 Å². The van der Waals surface area contributed by atoms with Crippen LogP contribution in [0.5, 0.6) is 0 Å². The van der Waals surface area contributed by atoms with E-state index >= 15 is 0 Å². The second-order valence-corrected chi connectivity index (χ2v) is 4.35. The van der Waals surface area contributed by atoms with Gasteiger partial charge < -0.3 is 26.2 Å². The van der Waals surface area contributed by atoms with Crippen molar-refractivity contribution in [3.63, 3.8) is 0 Å². The van der Waals surface area contributed by atoms with Gasteiger partial charge in [0.1, 0.15) is 12.1 Å². The van der Waals surface area contributed by atoms with E-state index in [2.05, 4.69) is 9.97 Å². The number of hydrogen-bond acceptors (Lipinski definition) is 7. The van der Waals surface area contributed by atoms with Crippen molar-refractivity contribution in [2.45, 2.75) is 24.7 Å². The fraction of sp³-hybridized carbons (Fsp3) is 0.333. The smallest absolute Gasteiger partial charge is 0.475 e. The van der Waals surface area contributed by atoms with Crippen LogP contribution in [0.1, 0.15) is 0 Å². The van der Waals surface area contributed by atoms with E-state index in [0.29, 0.717) is 5.82 Å². The van der Waals surface area contributed by atoms with E-state index in [1.807, 2.05) is 0 Å². The number of carboxylic acid groups (broad SMARTS) is 4. The Morgan fingerprint density at radius 3 is 0.857 bits per heavy atom. The first-order valence-electron chi connectivity index (χ1n) is 6.89. The Kier molecular flexibility index (Phi) is 17.1. The van der Waals surface area contributed by atoms with Crippen molar-refractivity contribution in [2.24, 2.45) is 0 Å². The summed E-state index contributed by atoms with van der Waals surface area (Å²) in [7, 11) is 0. The van der Waals surface area contributed by atoms with Crippen LogP contribution in [0, 0.1) is 0 Å². The summed E-state index contributed by atoms with van der Waals surface area (Å²) in [4.78, 5) is 42.9. The zero-order valence-corrected chi connectivity index (χ0v) is 15.7. The summed E-state index contributed by atoms with van der Waals surface area (Å²) in [5.41, 5.74) is 5.21. The predicted molar refractivity (Wildman–Crippen MR) is 81.2 cm³/mol. The highest BCUT2D eigenvalue weighted by Crippen LogP contribution is 2.14. The highest BCUT2D eigenvalue weighted by Gasteiger charge is 2.39. The van der Waals surface area contributed by atoms with E-state index in [0.717, 1.165) is 0 Å². The molecule has 0 saturated carbocycles. The van der Waals surface area contributed by atoms with Crippen LogP contribution in [0.3, 0.4) is 0 Å². The fourth-order valence-electron chi connectivity index (χ4n) is 0.301. The summed E-state index contributed by atoms with van der Waals surface area (Å²) in [5.74, 6) is -10.5. The lowest BCUT2D eigenvalue weighted by atomic mass is 10.6. The summed E-state index contributed by atoms with van der Waals surface area (Å²) in [5, 5.41) is 28.5. The number of aromatic nitrogens is 2. The molecule has 1 rings (SSSR count). The second kappa shape index (κ2) is 15.7. The van der Waals surface area contributed by atoms with E-state index in [1.54, 1.807) is 12.3 Å². The Morgan fingerprint density at radius 2 is 0.800 bits per heavy atom. The molecular formula is C12H9F12N3O8. The molecule has 0 aliphatic heterocycles. The van der Waals surface area contributed by atoms with Crippen LogP contribution in [0.15, 0.2) is 18.6 Å². The van der Waals surface area contributed by atoms with Gasteiger partial charge in [-0.2, -0.15) is 52.7 Å². The minimum Gasteiger partial charge on any atom is -0.475 e. The third-order valence-corrected chi connectivity index (χ3v) is 1.57. The van der Waals surface area contributed by atoms with Crippen molar-refractivity contribution < 1.29 is 92.3 Å². The molecule has 0 bridgehead atoms. The van der Waals surface area contributed by atoms with Gasteiger partial charge in [-0.25, -0.2) is 29.1 Å². The normalized spacial score (nSPS) is 10.7. The lowest BCUT2D eigenvalue weighted by molar-refractivity contribution is -0.193. The molecule has 1 aromatic heterocycles. The van der Waals surface area contributed by atoms with Gasteiger partial charge in [-0.15, -0.1) is 0 Å². The third kappa shape index (κ3) is 29.9. The van der Waals surface area contributed by atoms with Gasteiger partial charge in [-0.05, 0) is 6.07 Å². The standard InChI is InChI=1S/C4H5N3.4C2HF3O2/c5-4-1-2-6-3-7-4;4*3-2(4,5)1(6)7/h1-3H,(H2,5,6,7);4*(H,6,7). The zero-order valence-electron chi connectivity index (χ0n) is 15.7. The van der Waals surface area contributed by atoms with E-state index in [4.69, 9.17) is 45.3 Å². The first kappa shape index (κ1) is 38.2. The number of rotatable bonds is 0. The molecule has 0 amide bonds. The van der Waals surface area contributed by atoms with Crippen molar-refractivity contribution in [2.75, 3.05) is 5.73 Å². The lowest BCUT2D eigenvalue weighted by Crippen LogP contribution is -2.21. The molecule has 204 valence electrons. The van der Waals surface area contributed by atoms with Gasteiger partial charge in [0.2, 0.25) is 0 Å². The van der Waals surface area contributed by atoms with Crippen LogP contribution in [0.2, 0.25) is 0 Å². The number of aliphatic carboxylic acids is 4. The number of carboxylic acids is 4. The number of alkyl halides is 12. The lowest BCUT2D eigenvalue weighted by Gasteiger charge is -1.93. The highest BCUT2D eigenvalue weighted by atomic mass is 19.4. The fourth-order valence-corrected chi connectivity index (χ4v) is 0.301. The van der Waals surface area contributed by atoms with Crippen molar-refractivity contribution >= 4 is 29.7 Å². The number of hydrogen-bond donors (Lipinski definition) is 5. The van der Waals surface area contributed by atoms with Crippen LogP contribution >= 0.6 is 0 Å². The van der Waals surface area contributed by atoms with Gasteiger partial charge in [-0.1, -0.05) is 0 Å². The van der Waals surface area contributed by atoms with Crippen molar-refractivity contribution in [1.82, 2.24) is 9.97 Å². The molecule has 6 N–H and O–H groups in total. The molecule has 1 aromatic rings. The Hall–Kier alpha value is -4.08. The number of nitrogens with two attached hydrogens (primary N) is 1. The molecule has 0 spiro atoms. The molecule has 0 fully saturated rings. The second-order valence-electron chi connectivity index (χ2n) is 4.35. The van der Waals surface area contributed by atoms with Crippen molar-refractivity contribution in [3.8, 4) is 0 Å². The molecule has 0 atom stereocenters. The van der Waals surface area contributed by atoms with Crippen LogP contribution in [-0.4, -0.2) is 79.0 Å². The summed E-state index contributed by atoms with van der Waals surface area (Å²) >= 11 is 0. The molecule has 1 heterocycles. The quantitative estimate of drug-likeness (QED) is 0.297. The van der Waals surface area contributed by atoms with Gasteiger partial charge in [0.05, 0.1) is 0 Å². The van der Waals surface area contributed by atoms with Crippen LogP contribution in [-0.2, 0) is 19.2 Å². The number of anilines is 1. The molecule has 0 aliphatic carbocycles. The maximum absolute atomic E-state index is 10.6. The van der Waals surface area contributed by atoms with Crippen molar-refractivity contribution in [3.05, 3.63) is 18.6 Å². The van der Waals surface area contributed by atoms with E-state index in [-0.39, 0.29) is 0 Å². The first-order valence-corrected chi connectivity index (χ1v) is 6.89. The number of halogens is 12. The van der Waals surface area contributed by atoms with Crippen LogP contribution < -0.4 is 5.73 Å². The predicted octanol–water partition coefficient (Wildman–Crippen LogP) is 2.59. The molecule has 0 aliphatic rings. The van der Waals surface area contributed by atoms with Gasteiger partial charge in [-0.3, -0.25) is 0 Å². The molecule has 0 unspecified atom stereocenters. The molecule has 35 heavy (non-hydrogen) atoms. The van der Waals surface area contributed by atoms with Crippen molar-refractivity contribution in [1.29, 1.82) is 0 Å². The molecule has 11 nitrogen and oxygen atoms in total. The largest absolute Gasteiger partial charge is 0.490 e.